The van der Waals surface area contributed by atoms with Crippen LogP contribution in [0.3, 0.4) is 0 Å². The fourth-order valence-corrected chi connectivity index (χ4v) is 2.31. The second kappa shape index (κ2) is 5.85. The second-order valence-corrected chi connectivity index (χ2v) is 5.39. The van der Waals surface area contributed by atoms with Gasteiger partial charge in [-0.25, -0.2) is 0 Å². The van der Waals surface area contributed by atoms with Gasteiger partial charge in [0.2, 0.25) is 0 Å². The van der Waals surface area contributed by atoms with Crippen LogP contribution in [-0.4, -0.2) is 25.0 Å². The molecule has 1 aromatic carbocycles. The van der Waals surface area contributed by atoms with E-state index < -0.39 is 0 Å². The number of carbonyl (C=O) groups excluding carboxylic acids is 1. The summed E-state index contributed by atoms with van der Waals surface area (Å²) in [6.45, 7) is 1.72. The fraction of sp³-hybridized carbons (Fsp3) is 0.417. The number of benzene rings is 1. The van der Waals surface area contributed by atoms with Gasteiger partial charge in [0.1, 0.15) is 0 Å². The molecule has 0 aromatic heterocycles. The lowest BCUT2D eigenvalue weighted by atomic mass is 10.2. The van der Waals surface area contributed by atoms with E-state index >= 15 is 0 Å². The first-order chi connectivity index (χ1) is 8.16. The summed E-state index contributed by atoms with van der Waals surface area (Å²) in [7, 11) is 0. The molecule has 0 bridgehead atoms. The Morgan fingerprint density at radius 1 is 1.59 bits per heavy atom. The van der Waals surface area contributed by atoms with E-state index in [9.17, 15) is 4.79 Å². The molecule has 1 atom stereocenters. The average molecular weight is 318 g/mol. The maximum Gasteiger partial charge on any atom is 0.251 e. The van der Waals surface area contributed by atoms with Crippen molar-refractivity contribution in [1.82, 2.24) is 10.6 Å². The molecule has 0 aliphatic carbocycles. The van der Waals surface area contributed by atoms with Gasteiger partial charge < -0.3 is 10.6 Å². The molecule has 1 aromatic rings. The highest BCUT2D eigenvalue weighted by Crippen LogP contribution is 2.23. The van der Waals surface area contributed by atoms with Gasteiger partial charge in [-0.05, 0) is 53.5 Å². The van der Waals surface area contributed by atoms with Gasteiger partial charge in [0.15, 0.2) is 0 Å². The molecule has 0 radical (unpaired) electrons. The van der Waals surface area contributed by atoms with Crippen LogP contribution in [-0.2, 0) is 0 Å². The Kier molecular flexibility index (Phi) is 4.42. The number of halogens is 2. The molecule has 0 spiro atoms. The van der Waals surface area contributed by atoms with Crippen LogP contribution in [0.1, 0.15) is 23.2 Å². The van der Waals surface area contributed by atoms with E-state index in [1.54, 1.807) is 18.2 Å². The molecule has 92 valence electrons. The van der Waals surface area contributed by atoms with Crippen molar-refractivity contribution in [1.29, 1.82) is 0 Å². The van der Waals surface area contributed by atoms with Crippen molar-refractivity contribution in [2.75, 3.05) is 13.1 Å². The molecule has 1 unspecified atom stereocenters. The lowest BCUT2D eigenvalue weighted by molar-refractivity contribution is 0.0950. The fourth-order valence-electron chi connectivity index (χ4n) is 1.89. The van der Waals surface area contributed by atoms with Gasteiger partial charge in [0.05, 0.1) is 5.02 Å². The minimum absolute atomic E-state index is 0.0758. The molecule has 1 aliphatic heterocycles. The zero-order chi connectivity index (χ0) is 12.3. The molecule has 3 nitrogen and oxygen atoms in total. The van der Waals surface area contributed by atoms with Crippen LogP contribution in [0.2, 0.25) is 5.02 Å². The SMILES string of the molecule is O=C(NCC1CCCN1)c1ccc(Br)c(Cl)c1. The van der Waals surface area contributed by atoms with E-state index in [0.29, 0.717) is 23.2 Å². The summed E-state index contributed by atoms with van der Waals surface area (Å²) < 4.78 is 0.799. The molecule has 2 rings (SSSR count). The third-order valence-corrected chi connectivity index (χ3v) is 4.09. The van der Waals surface area contributed by atoms with Crippen LogP contribution >= 0.6 is 27.5 Å². The molecule has 1 heterocycles. The third kappa shape index (κ3) is 3.44. The maximum absolute atomic E-state index is 11.9. The smallest absolute Gasteiger partial charge is 0.251 e. The zero-order valence-corrected chi connectivity index (χ0v) is 11.6. The largest absolute Gasteiger partial charge is 0.350 e. The van der Waals surface area contributed by atoms with Gasteiger partial charge in [-0.3, -0.25) is 4.79 Å². The minimum atomic E-state index is -0.0758. The number of amides is 1. The standard InChI is InChI=1S/C12H14BrClN2O/c13-10-4-3-8(6-11(10)14)12(17)16-7-9-2-1-5-15-9/h3-4,6,9,15H,1-2,5,7H2,(H,16,17). The molecular weight excluding hydrogens is 304 g/mol. The normalized spacial score (nSPS) is 19.3. The summed E-state index contributed by atoms with van der Waals surface area (Å²) in [5.41, 5.74) is 0.594. The van der Waals surface area contributed by atoms with Crippen molar-refractivity contribution >= 4 is 33.4 Å². The van der Waals surface area contributed by atoms with Crippen LogP contribution < -0.4 is 10.6 Å². The first kappa shape index (κ1) is 12.9. The second-order valence-electron chi connectivity index (χ2n) is 4.13. The highest BCUT2D eigenvalue weighted by molar-refractivity contribution is 9.10. The van der Waals surface area contributed by atoms with Crippen LogP contribution in [0.15, 0.2) is 22.7 Å². The number of hydrogen-bond acceptors (Lipinski definition) is 2. The van der Waals surface area contributed by atoms with Crippen molar-refractivity contribution in [2.45, 2.75) is 18.9 Å². The van der Waals surface area contributed by atoms with Crippen molar-refractivity contribution in [3.05, 3.63) is 33.3 Å². The van der Waals surface area contributed by atoms with Crippen molar-refractivity contribution in [3.8, 4) is 0 Å². The Balaban J connectivity index is 1.92. The zero-order valence-electron chi connectivity index (χ0n) is 9.30. The lowest BCUT2D eigenvalue weighted by Crippen LogP contribution is -2.37. The molecular formula is C12H14BrClN2O. The summed E-state index contributed by atoms with van der Waals surface area (Å²) in [6, 6.07) is 5.62. The first-order valence-electron chi connectivity index (χ1n) is 5.63. The van der Waals surface area contributed by atoms with E-state index in [1.165, 1.54) is 6.42 Å². The number of nitrogens with one attached hydrogen (secondary N) is 2. The molecule has 0 saturated carbocycles. The Morgan fingerprint density at radius 2 is 2.41 bits per heavy atom. The van der Waals surface area contributed by atoms with Crippen molar-refractivity contribution < 1.29 is 4.79 Å². The van der Waals surface area contributed by atoms with E-state index in [-0.39, 0.29) is 5.91 Å². The van der Waals surface area contributed by atoms with Gasteiger partial charge in [0.25, 0.3) is 5.91 Å². The van der Waals surface area contributed by atoms with E-state index in [1.807, 2.05) is 0 Å². The Labute approximate surface area is 114 Å². The molecule has 1 fully saturated rings. The van der Waals surface area contributed by atoms with Crippen LogP contribution in [0.5, 0.6) is 0 Å². The Hall–Kier alpha value is -0.580. The van der Waals surface area contributed by atoms with Crippen LogP contribution in [0.4, 0.5) is 0 Å². The van der Waals surface area contributed by atoms with E-state index in [0.717, 1.165) is 17.4 Å². The minimum Gasteiger partial charge on any atom is -0.350 e. The van der Waals surface area contributed by atoms with E-state index in [2.05, 4.69) is 26.6 Å². The van der Waals surface area contributed by atoms with Crippen molar-refractivity contribution in [3.63, 3.8) is 0 Å². The summed E-state index contributed by atoms with van der Waals surface area (Å²) in [5.74, 6) is -0.0758. The van der Waals surface area contributed by atoms with Gasteiger partial charge in [-0.2, -0.15) is 0 Å². The van der Waals surface area contributed by atoms with E-state index in [4.69, 9.17) is 11.6 Å². The number of rotatable bonds is 3. The molecule has 5 heteroatoms. The summed E-state index contributed by atoms with van der Waals surface area (Å²) in [6.07, 6.45) is 2.31. The Bertz CT molecular complexity index is 419. The first-order valence-corrected chi connectivity index (χ1v) is 6.80. The van der Waals surface area contributed by atoms with Crippen LogP contribution in [0.25, 0.3) is 0 Å². The van der Waals surface area contributed by atoms with Gasteiger partial charge in [0, 0.05) is 22.6 Å². The highest BCUT2D eigenvalue weighted by atomic mass is 79.9. The summed E-state index contributed by atoms with van der Waals surface area (Å²) in [4.78, 5) is 11.9. The third-order valence-electron chi connectivity index (χ3n) is 2.85. The van der Waals surface area contributed by atoms with Crippen LogP contribution in [0, 0.1) is 0 Å². The monoisotopic (exact) mass is 316 g/mol. The summed E-state index contributed by atoms with van der Waals surface area (Å²) >= 11 is 9.24. The summed E-state index contributed by atoms with van der Waals surface area (Å²) in [5, 5.41) is 6.80. The highest BCUT2D eigenvalue weighted by Gasteiger charge is 2.15. The average Bonchev–Trinajstić information content (AvgIpc) is 2.82. The predicted octanol–water partition coefficient (Wildman–Crippen LogP) is 2.58. The van der Waals surface area contributed by atoms with Crippen molar-refractivity contribution in [2.24, 2.45) is 0 Å². The van der Waals surface area contributed by atoms with Gasteiger partial charge in [-0.1, -0.05) is 11.6 Å². The predicted molar refractivity (Wildman–Crippen MR) is 72.5 cm³/mol. The maximum atomic E-state index is 11.9. The van der Waals surface area contributed by atoms with Gasteiger partial charge >= 0.3 is 0 Å². The lowest BCUT2D eigenvalue weighted by Gasteiger charge is -2.11. The molecule has 1 saturated heterocycles. The molecule has 1 amide bonds. The Morgan fingerprint density at radius 3 is 3.06 bits per heavy atom. The quantitative estimate of drug-likeness (QED) is 0.899. The number of hydrogen-bond donors (Lipinski definition) is 2. The molecule has 2 N–H and O–H groups in total. The number of carbonyl (C=O) groups is 1. The van der Waals surface area contributed by atoms with Gasteiger partial charge in [-0.15, -0.1) is 0 Å². The molecule has 1 aliphatic rings. The molecule has 17 heavy (non-hydrogen) atoms. The topological polar surface area (TPSA) is 41.1 Å².